The van der Waals surface area contributed by atoms with Crippen LogP contribution in [0, 0.1) is 19.3 Å². The second-order valence-electron chi connectivity index (χ2n) is 3.47. The van der Waals surface area contributed by atoms with Gasteiger partial charge >= 0.3 is 0 Å². The van der Waals surface area contributed by atoms with Crippen LogP contribution < -0.4 is 5.32 Å². The van der Waals surface area contributed by atoms with E-state index >= 15 is 0 Å². The van der Waals surface area contributed by atoms with Crippen molar-refractivity contribution in [3.8, 4) is 12.3 Å². The molecule has 0 aromatic heterocycles. The summed E-state index contributed by atoms with van der Waals surface area (Å²) in [5, 5.41) is 3.11. The summed E-state index contributed by atoms with van der Waals surface area (Å²) in [7, 11) is 1.91. The molecule has 1 nitrogen and oxygen atoms in total. The molecule has 0 radical (unpaired) electrons. The minimum Gasteiger partial charge on any atom is -0.307 e. The minimum absolute atomic E-state index is 0.189. The Hall–Kier alpha value is -1.26. The van der Waals surface area contributed by atoms with Crippen molar-refractivity contribution in [3.05, 3.63) is 35.4 Å². The van der Waals surface area contributed by atoms with Gasteiger partial charge in [-0.1, -0.05) is 30.2 Å². The lowest BCUT2D eigenvalue weighted by Gasteiger charge is -2.10. The monoisotopic (exact) mass is 187 g/mol. The molecule has 1 N–H and O–H groups in total. The zero-order valence-corrected chi connectivity index (χ0v) is 8.88. The van der Waals surface area contributed by atoms with Crippen LogP contribution in [-0.2, 0) is 6.42 Å². The van der Waals surface area contributed by atoms with Gasteiger partial charge in [0.25, 0.3) is 0 Å². The molecule has 1 unspecified atom stereocenters. The molecule has 1 rings (SSSR count). The summed E-state index contributed by atoms with van der Waals surface area (Å²) in [6.07, 6.45) is 7.41. The van der Waals surface area contributed by atoms with Crippen LogP contribution in [0.2, 0.25) is 0 Å². The van der Waals surface area contributed by atoms with E-state index in [1.54, 1.807) is 0 Å². The molecule has 14 heavy (non-hydrogen) atoms. The molecule has 1 aromatic rings. The summed E-state index contributed by atoms with van der Waals surface area (Å²) in [6, 6.07) is 8.63. The third kappa shape index (κ3) is 2.90. The second kappa shape index (κ2) is 5.47. The van der Waals surface area contributed by atoms with Crippen molar-refractivity contribution in [1.82, 2.24) is 5.32 Å². The van der Waals surface area contributed by atoms with Crippen LogP contribution in [0.15, 0.2) is 24.3 Å². The lowest BCUT2D eigenvalue weighted by atomic mass is 10.0. The first-order valence-electron chi connectivity index (χ1n) is 4.96. The van der Waals surface area contributed by atoms with Crippen molar-refractivity contribution in [2.45, 2.75) is 25.8 Å². The number of terminal acetylenes is 1. The van der Waals surface area contributed by atoms with Crippen molar-refractivity contribution in [2.75, 3.05) is 7.05 Å². The SMILES string of the molecule is C#CC(CCc1ccccc1C)NC. The maximum atomic E-state index is 5.37. The highest BCUT2D eigenvalue weighted by atomic mass is 14.8. The van der Waals surface area contributed by atoms with Gasteiger partial charge in [-0.2, -0.15) is 0 Å². The molecule has 0 aliphatic heterocycles. The second-order valence-corrected chi connectivity index (χ2v) is 3.47. The average molecular weight is 187 g/mol. The van der Waals surface area contributed by atoms with Crippen LogP contribution in [0.3, 0.4) is 0 Å². The number of nitrogens with one attached hydrogen (secondary N) is 1. The third-order valence-corrected chi connectivity index (χ3v) is 2.51. The molecule has 0 amide bonds. The number of benzene rings is 1. The zero-order chi connectivity index (χ0) is 10.4. The normalized spacial score (nSPS) is 12.1. The minimum atomic E-state index is 0.189. The average Bonchev–Trinajstić information content (AvgIpc) is 2.22. The van der Waals surface area contributed by atoms with E-state index in [9.17, 15) is 0 Å². The fourth-order valence-corrected chi connectivity index (χ4v) is 1.50. The maximum absolute atomic E-state index is 5.37. The van der Waals surface area contributed by atoms with E-state index in [0.717, 1.165) is 12.8 Å². The molecule has 0 bridgehead atoms. The van der Waals surface area contributed by atoms with Crippen LogP contribution in [-0.4, -0.2) is 13.1 Å². The van der Waals surface area contributed by atoms with Crippen molar-refractivity contribution in [1.29, 1.82) is 0 Å². The van der Waals surface area contributed by atoms with E-state index < -0.39 is 0 Å². The smallest absolute Gasteiger partial charge is 0.0687 e. The van der Waals surface area contributed by atoms with E-state index in [0.29, 0.717) is 0 Å². The molecule has 1 atom stereocenters. The first kappa shape index (κ1) is 10.8. The molecule has 0 aliphatic carbocycles. The Bertz CT molecular complexity index is 322. The Balaban J connectivity index is 2.54. The summed E-state index contributed by atoms with van der Waals surface area (Å²) in [5.41, 5.74) is 2.74. The molecule has 0 fully saturated rings. The molecule has 0 spiro atoms. The molecule has 0 heterocycles. The summed E-state index contributed by atoms with van der Waals surface area (Å²) < 4.78 is 0. The fourth-order valence-electron chi connectivity index (χ4n) is 1.50. The Kier molecular flexibility index (Phi) is 4.22. The Morgan fingerprint density at radius 2 is 2.14 bits per heavy atom. The quantitative estimate of drug-likeness (QED) is 0.712. The molecule has 1 aromatic carbocycles. The third-order valence-electron chi connectivity index (χ3n) is 2.51. The summed E-state index contributed by atoms with van der Waals surface area (Å²) in [5.74, 6) is 2.73. The van der Waals surface area contributed by atoms with Crippen LogP contribution in [0.25, 0.3) is 0 Å². The molecule has 0 saturated carbocycles. The molecular formula is C13H17N. The van der Waals surface area contributed by atoms with Gasteiger partial charge in [0.15, 0.2) is 0 Å². The summed E-state index contributed by atoms with van der Waals surface area (Å²) in [4.78, 5) is 0. The zero-order valence-electron chi connectivity index (χ0n) is 8.88. The van der Waals surface area contributed by atoms with Crippen molar-refractivity contribution in [2.24, 2.45) is 0 Å². The largest absolute Gasteiger partial charge is 0.307 e. The lowest BCUT2D eigenvalue weighted by Crippen LogP contribution is -2.23. The molecule has 74 valence electrons. The topological polar surface area (TPSA) is 12.0 Å². The van der Waals surface area contributed by atoms with Gasteiger partial charge in [0.05, 0.1) is 6.04 Å². The van der Waals surface area contributed by atoms with E-state index in [1.807, 2.05) is 7.05 Å². The van der Waals surface area contributed by atoms with E-state index in [-0.39, 0.29) is 6.04 Å². The van der Waals surface area contributed by atoms with Gasteiger partial charge in [-0.3, -0.25) is 0 Å². The highest BCUT2D eigenvalue weighted by Crippen LogP contribution is 2.10. The summed E-state index contributed by atoms with van der Waals surface area (Å²) in [6.45, 7) is 2.14. The van der Waals surface area contributed by atoms with Gasteiger partial charge in [-0.15, -0.1) is 6.42 Å². The lowest BCUT2D eigenvalue weighted by molar-refractivity contribution is 0.630. The van der Waals surface area contributed by atoms with Gasteiger partial charge in [0, 0.05) is 0 Å². The van der Waals surface area contributed by atoms with Crippen LogP contribution >= 0.6 is 0 Å². The molecule has 0 aliphatic rings. The van der Waals surface area contributed by atoms with Crippen molar-refractivity contribution in [3.63, 3.8) is 0 Å². The van der Waals surface area contributed by atoms with Crippen LogP contribution in [0.1, 0.15) is 17.5 Å². The van der Waals surface area contributed by atoms with Gasteiger partial charge in [-0.25, -0.2) is 0 Å². The highest BCUT2D eigenvalue weighted by Gasteiger charge is 2.02. The van der Waals surface area contributed by atoms with E-state index in [2.05, 4.69) is 42.4 Å². The van der Waals surface area contributed by atoms with Gasteiger partial charge in [-0.05, 0) is 37.9 Å². The standard InChI is InChI=1S/C13H17N/c1-4-13(14-3)10-9-12-8-6-5-7-11(12)2/h1,5-8,13-14H,9-10H2,2-3H3. The number of hydrogen-bond acceptors (Lipinski definition) is 1. The van der Waals surface area contributed by atoms with E-state index in [1.165, 1.54) is 11.1 Å². The van der Waals surface area contributed by atoms with Crippen LogP contribution in [0.5, 0.6) is 0 Å². The molecule has 0 saturated heterocycles. The van der Waals surface area contributed by atoms with E-state index in [4.69, 9.17) is 6.42 Å². The Morgan fingerprint density at radius 3 is 2.71 bits per heavy atom. The predicted molar refractivity (Wildman–Crippen MR) is 61.2 cm³/mol. The first-order chi connectivity index (χ1) is 6.77. The van der Waals surface area contributed by atoms with Gasteiger partial charge in [0.2, 0.25) is 0 Å². The Morgan fingerprint density at radius 1 is 1.43 bits per heavy atom. The molecule has 1 heteroatoms. The number of aryl methyl sites for hydroxylation is 2. The van der Waals surface area contributed by atoms with Crippen molar-refractivity contribution >= 4 is 0 Å². The molecular weight excluding hydrogens is 170 g/mol. The first-order valence-corrected chi connectivity index (χ1v) is 4.96. The van der Waals surface area contributed by atoms with Crippen molar-refractivity contribution < 1.29 is 0 Å². The van der Waals surface area contributed by atoms with Gasteiger partial charge < -0.3 is 5.32 Å². The van der Waals surface area contributed by atoms with Crippen LogP contribution in [0.4, 0.5) is 0 Å². The fraction of sp³-hybridized carbons (Fsp3) is 0.385. The highest BCUT2D eigenvalue weighted by molar-refractivity contribution is 5.25. The predicted octanol–water partition coefficient (Wildman–Crippen LogP) is 2.15. The maximum Gasteiger partial charge on any atom is 0.0687 e. The summed E-state index contributed by atoms with van der Waals surface area (Å²) >= 11 is 0. The Labute approximate surface area is 86.5 Å². The number of hydrogen-bond donors (Lipinski definition) is 1. The number of rotatable bonds is 4. The van der Waals surface area contributed by atoms with Gasteiger partial charge in [0.1, 0.15) is 0 Å².